The lowest BCUT2D eigenvalue weighted by atomic mass is 10.2. The molecule has 1 aromatic rings. The van der Waals surface area contributed by atoms with Crippen molar-refractivity contribution in [2.75, 3.05) is 20.1 Å². The van der Waals surface area contributed by atoms with Crippen molar-refractivity contribution in [1.29, 1.82) is 0 Å². The highest BCUT2D eigenvalue weighted by Crippen LogP contribution is 2.07. The Morgan fingerprint density at radius 3 is 3.06 bits per heavy atom. The number of nitrogens with one attached hydrogen (secondary N) is 1. The minimum atomic E-state index is 0. The zero-order valence-corrected chi connectivity index (χ0v) is 10.7. The summed E-state index contributed by atoms with van der Waals surface area (Å²) in [7, 11) is 1.88. The molecule has 1 saturated heterocycles. The summed E-state index contributed by atoms with van der Waals surface area (Å²) in [5.41, 5.74) is 0. The van der Waals surface area contributed by atoms with Crippen molar-refractivity contribution in [3.8, 4) is 0 Å². The van der Waals surface area contributed by atoms with Gasteiger partial charge in [-0.2, -0.15) is 5.10 Å². The average Bonchev–Trinajstić information content (AvgIpc) is 2.96. The van der Waals surface area contributed by atoms with Crippen LogP contribution in [0.2, 0.25) is 0 Å². The quantitative estimate of drug-likeness (QED) is 0.821. The summed E-state index contributed by atoms with van der Waals surface area (Å²) in [5, 5.41) is 7.22. The van der Waals surface area contributed by atoms with E-state index in [9.17, 15) is 4.79 Å². The van der Waals surface area contributed by atoms with E-state index in [0.29, 0.717) is 19.0 Å². The van der Waals surface area contributed by atoms with E-state index in [1.165, 1.54) is 6.33 Å². The summed E-state index contributed by atoms with van der Waals surface area (Å²) in [5.74, 6) is 0.171. The molecule has 1 aliphatic heterocycles. The summed E-state index contributed by atoms with van der Waals surface area (Å²) >= 11 is 0. The Morgan fingerprint density at radius 1 is 1.65 bits per heavy atom. The lowest BCUT2D eigenvalue weighted by Gasteiger charge is -2.23. The molecule has 17 heavy (non-hydrogen) atoms. The highest BCUT2D eigenvalue weighted by Gasteiger charge is 2.22. The summed E-state index contributed by atoms with van der Waals surface area (Å²) in [4.78, 5) is 17.5. The van der Waals surface area contributed by atoms with Crippen LogP contribution in [0.15, 0.2) is 12.7 Å². The molecule has 0 saturated carbocycles. The number of aromatic nitrogens is 3. The second-order valence-electron chi connectivity index (χ2n) is 4.06. The third-order valence-corrected chi connectivity index (χ3v) is 3.00. The first kappa shape index (κ1) is 13.9. The molecule has 1 atom stereocenters. The average molecular weight is 260 g/mol. The van der Waals surface area contributed by atoms with Crippen LogP contribution in [0.4, 0.5) is 0 Å². The van der Waals surface area contributed by atoms with E-state index in [0.717, 1.165) is 19.5 Å². The number of halogens is 1. The summed E-state index contributed by atoms with van der Waals surface area (Å²) in [6.45, 7) is 2.51. The van der Waals surface area contributed by atoms with E-state index in [1.54, 1.807) is 11.0 Å². The normalized spacial score (nSPS) is 18.8. The number of carbonyl (C=O) groups excluding carboxylic acids is 1. The van der Waals surface area contributed by atoms with Crippen LogP contribution in [0, 0.1) is 0 Å². The van der Waals surface area contributed by atoms with E-state index in [-0.39, 0.29) is 18.3 Å². The Morgan fingerprint density at radius 2 is 2.47 bits per heavy atom. The number of amides is 1. The Hall–Kier alpha value is -1.14. The number of likely N-dealkylation sites (N-methyl/N-ethyl adjacent to an activating group) is 1. The lowest BCUT2D eigenvalue weighted by molar-refractivity contribution is -0.131. The van der Waals surface area contributed by atoms with Crippen LogP contribution in [0.3, 0.4) is 0 Å². The van der Waals surface area contributed by atoms with Crippen molar-refractivity contribution in [3.63, 3.8) is 0 Å². The lowest BCUT2D eigenvalue weighted by Crippen LogP contribution is -2.38. The number of rotatable bonds is 4. The van der Waals surface area contributed by atoms with E-state index >= 15 is 0 Å². The standard InChI is InChI=1S/C10H17N5O.ClH/c1-14(9-2-4-11-6-9)10(16)3-5-15-8-12-7-13-15;/h7-9,11H,2-6H2,1H3;1H. The van der Waals surface area contributed by atoms with Crippen molar-refractivity contribution < 1.29 is 4.79 Å². The van der Waals surface area contributed by atoms with Crippen LogP contribution in [0.5, 0.6) is 0 Å². The third-order valence-electron chi connectivity index (χ3n) is 3.00. The number of hydrogen-bond acceptors (Lipinski definition) is 4. The van der Waals surface area contributed by atoms with Crippen molar-refractivity contribution in [2.45, 2.75) is 25.4 Å². The smallest absolute Gasteiger partial charge is 0.224 e. The molecule has 1 aliphatic rings. The minimum Gasteiger partial charge on any atom is -0.341 e. The largest absolute Gasteiger partial charge is 0.341 e. The van der Waals surface area contributed by atoms with Crippen molar-refractivity contribution in [1.82, 2.24) is 25.0 Å². The van der Waals surface area contributed by atoms with E-state index in [1.807, 2.05) is 11.9 Å². The van der Waals surface area contributed by atoms with Gasteiger partial charge in [0.25, 0.3) is 0 Å². The van der Waals surface area contributed by atoms with Gasteiger partial charge in [0.05, 0.1) is 6.54 Å². The molecule has 7 heteroatoms. The molecular weight excluding hydrogens is 242 g/mol. The van der Waals surface area contributed by atoms with Gasteiger partial charge in [-0.3, -0.25) is 9.48 Å². The molecule has 1 aromatic heterocycles. The Kier molecular flexibility index (Phi) is 5.37. The fraction of sp³-hybridized carbons (Fsp3) is 0.700. The molecule has 0 aromatic carbocycles. The summed E-state index contributed by atoms with van der Waals surface area (Å²) in [6, 6.07) is 0.350. The molecule has 0 bridgehead atoms. The van der Waals surface area contributed by atoms with E-state index < -0.39 is 0 Å². The van der Waals surface area contributed by atoms with Gasteiger partial charge in [0.1, 0.15) is 12.7 Å². The van der Waals surface area contributed by atoms with Gasteiger partial charge in [0.15, 0.2) is 0 Å². The monoisotopic (exact) mass is 259 g/mol. The second kappa shape index (κ2) is 6.56. The number of aryl methyl sites for hydroxylation is 1. The predicted octanol–water partition coefficient (Wildman–Crippen LogP) is -0.0897. The van der Waals surface area contributed by atoms with E-state index in [4.69, 9.17) is 0 Å². The first-order chi connectivity index (χ1) is 7.77. The first-order valence-corrected chi connectivity index (χ1v) is 5.56. The van der Waals surface area contributed by atoms with Crippen molar-refractivity contribution in [2.24, 2.45) is 0 Å². The minimum absolute atomic E-state index is 0. The van der Waals surface area contributed by atoms with Gasteiger partial charge in [-0.1, -0.05) is 0 Å². The maximum atomic E-state index is 11.9. The van der Waals surface area contributed by atoms with Gasteiger partial charge in [-0.05, 0) is 13.0 Å². The first-order valence-electron chi connectivity index (χ1n) is 5.56. The maximum absolute atomic E-state index is 11.9. The van der Waals surface area contributed by atoms with Crippen LogP contribution >= 0.6 is 12.4 Å². The zero-order chi connectivity index (χ0) is 11.4. The molecule has 1 N–H and O–H groups in total. The third kappa shape index (κ3) is 3.67. The molecule has 1 amide bonds. The van der Waals surface area contributed by atoms with Gasteiger partial charge in [-0.25, -0.2) is 4.98 Å². The van der Waals surface area contributed by atoms with Crippen LogP contribution in [-0.4, -0.2) is 51.8 Å². The SMILES string of the molecule is CN(C(=O)CCn1cncn1)C1CCNC1.Cl. The van der Waals surface area contributed by atoms with Crippen LogP contribution in [0.25, 0.3) is 0 Å². The van der Waals surface area contributed by atoms with Crippen LogP contribution in [-0.2, 0) is 11.3 Å². The molecular formula is C10H18ClN5O. The van der Waals surface area contributed by atoms with Crippen LogP contribution < -0.4 is 5.32 Å². The Balaban J connectivity index is 0.00000144. The van der Waals surface area contributed by atoms with Gasteiger partial charge >= 0.3 is 0 Å². The molecule has 2 heterocycles. The fourth-order valence-corrected chi connectivity index (χ4v) is 1.91. The van der Waals surface area contributed by atoms with Gasteiger partial charge in [0, 0.05) is 26.1 Å². The molecule has 2 rings (SSSR count). The zero-order valence-electron chi connectivity index (χ0n) is 9.87. The highest BCUT2D eigenvalue weighted by atomic mass is 35.5. The molecule has 1 fully saturated rings. The molecule has 96 valence electrons. The van der Waals surface area contributed by atoms with Gasteiger partial charge < -0.3 is 10.2 Å². The Labute approximate surface area is 107 Å². The molecule has 6 nitrogen and oxygen atoms in total. The van der Waals surface area contributed by atoms with Gasteiger partial charge in [-0.15, -0.1) is 12.4 Å². The molecule has 0 spiro atoms. The fourth-order valence-electron chi connectivity index (χ4n) is 1.91. The van der Waals surface area contributed by atoms with Gasteiger partial charge in [0.2, 0.25) is 5.91 Å². The Bertz CT molecular complexity index is 336. The topological polar surface area (TPSA) is 63.1 Å². The number of nitrogens with zero attached hydrogens (tertiary/aromatic N) is 4. The second-order valence-corrected chi connectivity index (χ2v) is 4.06. The number of carbonyl (C=O) groups is 1. The predicted molar refractivity (Wildman–Crippen MR) is 65.9 cm³/mol. The van der Waals surface area contributed by atoms with Crippen molar-refractivity contribution in [3.05, 3.63) is 12.7 Å². The number of hydrogen-bond donors (Lipinski definition) is 1. The maximum Gasteiger partial charge on any atom is 0.224 e. The molecule has 0 radical (unpaired) electrons. The van der Waals surface area contributed by atoms with E-state index in [2.05, 4.69) is 15.4 Å². The summed E-state index contributed by atoms with van der Waals surface area (Å²) in [6.07, 6.45) is 4.64. The van der Waals surface area contributed by atoms with Crippen molar-refractivity contribution >= 4 is 18.3 Å². The molecule has 0 aliphatic carbocycles. The van der Waals surface area contributed by atoms with Crippen LogP contribution in [0.1, 0.15) is 12.8 Å². The summed E-state index contributed by atoms with van der Waals surface area (Å²) < 4.78 is 1.68. The molecule has 1 unspecified atom stereocenters. The highest BCUT2D eigenvalue weighted by molar-refractivity contribution is 5.85.